The number of carbonyl (C=O) groups excluding carboxylic acids is 1. The third kappa shape index (κ3) is 2.70. The van der Waals surface area contributed by atoms with Gasteiger partial charge >= 0.3 is 5.97 Å². The second kappa shape index (κ2) is 6.46. The summed E-state index contributed by atoms with van der Waals surface area (Å²) in [4.78, 5) is 28.5. The Hall–Kier alpha value is -2.28. The monoisotopic (exact) mass is 359 g/mol. The number of hydrogen-bond acceptors (Lipinski definition) is 5. The van der Waals surface area contributed by atoms with E-state index in [1.54, 1.807) is 7.11 Å². The lowest BCUT2D eigenvalue weighted by molar-refractivity contribution is -0.149. The molecule has 3 saturated heterocycles. The molecule has 0 radical (unpaired) electrons. The molecule has 140 valence electrons. The lowest BCUT2D eigenvalue weighted by Gasteiger charge is -2.38. The van der Waals surface area contributed by atoms with Gasteiger partial charge in [0.1, 0.15) is 11.2 Å². The van der Waals surface area contributed by atoms with Gasteiger partial charge in [-0.25, -0.2) is 0 Å². The van der Waals surface area contributed by atoms with Gasteiger partial charge in [0.05, 0.1) is 13.0 Å². The molecule has 0 bridgehead atoms. The first-order valence-corrected chi connectivity index (χ1v) is 9.18. The van der Waals surface area contributed by atoms with Gasteiger partial charge in [-0.15, -0.1) is 0 Å². The zero-order valence-electron chi connectivity index (χ0n) is 15.0. The molecule has 3 aliphatic heterocycles. The predicted molar refractivity (Wildman–Crippen MR) is 96.4 cm³/mol. The molecule has 1 amide bonds. The molecule has 4 rings (SSSR count). The molecular formula is C19H25N3O4. The lowest BCUT2D eigenvalue weighted by atomic mass is 9.81. The number of rotatable bonds is 4. The van der Waals surface area contributed by atoms with Gasteiger partial charge < -0.3 is 20.1 Å². The average Bonchev–Trinajstić information content (AvgIpc) is 3.21. The van der Waals surface area contributed by atoms with E-state index in [2.05, 4.69) is 21.2 Å². The van der Waals surface area contributed by atoms with Crippen LogP contribution in [0.25, 0.3) is 0 Å². The number of amides is 1. The smallest absolute Gasteiger partial charge is 0.313 e. The Bertz CT molecular complexity index is 716. The maximum Gasteiger partial charge on any atom is 0.313 e. The van der Waals surface area contributed by atoms with Gasteiger partial charge in [-0.2, -0.15) is 0 Å². The molecule has 26 heavy (non-hydrogen) atoms. The third-order valence-electron chi connectivity index (χ3n) is 6.29. The van der Waals surface area contributed by atoms with Crippen LogP contribution >= 0.6 is 0 Å². The number of anilines is 1. The highest BCUT2D eigenvalue weighted by atomic mass is 16.5. The zero-order valence-corrected chi connectivity index (χ0v) is 15.0. The Balaban J connectivity index is 1.41. The molecule has 0 unspecified atom stereocenters. The minimum atomic E-state index is -0.943. The molecule has 0 aliphatic carbocycles. The van der Waals surface area contributed by atoms with Crippen molar-refractivity contribution >= 4 is 17.6 Å². The SMILES string of the molecule is COc1cccc(N2CCC(N3C[C@H]4C(=O)NC[C@@]4(C(=O)O)C3)CC2)c1. The Labute approximate surface area is 152 Å². The molecule has 2 N–H and O–H groups in total. The summed E-state index contributed by atoms with van der Waals surface area (Å²) in [5.74, 6) is -0.524. The van der Waals surface area contributed by atoms with Gasteiger partial charge in [-0.05, 0) is 25.0 Å². The van der Waals surface area contributed by atoms with Crippen molar-refractivity contribution in [2.24, 2.45) is 11.3 Å². The van der Waals surface area contributed by atoms with Gasteiger partial charge in [0.25, 0.3) is 0 Å². The number of nitrogens with zero attached hydrogens (tertiary/aromatic N) is 2. The number of aliphatic carboxylic acids is 1. The molecule has 7 heteroatoms. The first-order chi connectivity index (χ1) is 12.5. The molecule has 1 aromatic rings. The molecule has 0 aromatic heterocycles. The van der Waals surface area contributed by atoms with Crippen molar-refractivity contribution in [1.29, 1.82) is 0 Å². The number of piperidine rings is 1. The van der Waals surface area contributed by atoms with Gasteiger partial charge in [0.15, 0.2) is 0 Å². The predicted octanol–water partition coefficient (Wildman–Crippen LogP) is 0.797. The van der Waals surface area contributed by atoms with E-state index in [0.29, 0.717) is 19.1 Å². The van der Waals surface area contributed by atoms with E-state index in [1.807, 2.05) is 18.2 Å². The fourth-order valence-electron chi connectivity index (χ4n) is 4.69. The number of likely N-dealkylation sites (tertiary alicyclic amines) is 1. The van der Waals surface area contributed by atoms with E-state index in [0.717, 1.165) is 37.4 Å². The number of benzene rings is 1. The van der Waals surface area contributed by atoms with Crippen LogP contribution in [0.5, 0.6) is 5.75 Å². The number of carboxylic acids is 1. The van der Waals surface area contributed by atoms with Crippen LogP contribution in [0.4, 0.5) is 5.69 Å². The van der Waals surface area contributed by atoms with Crippen molar-refractivity contribution in [3.8, 4) is 5.75 Å². The van der Waals surface area contributed by atoms with Crippen molar-refractivity contribution in [3.05, 3.63) is 24.3 Å². The highest BCUT2D eigenvalue weighted by Gasteiger charge is 2.60. The fraction of sp³-hybridized carbons (Fsp3) is 0.579. The van der Waals surface area contributed by atoms with E-state index < -0.39 is 17.3 Å². The third-order valence-corrected chi connectivity index (χ3v) is 6.29. The summed E-state index contributed by atoms with van der Waals surface area (Å²) in [6.45, 7) is 3.12. The van der Waals surface area contributed by atoms with Crippen LogP contribution in [0.2, 0.25) is 0 Å². The second-order valence-electron chi connectivity index (χ2n) is 7.58. The van der Waals surface area contributed by atoms with Crippen LogP contribution in [0.3, 0.4) is 0 Å². The number of hydrogen-bond donors (Lipinski definition) is 2. The van der Waals surface area contributed by atoms with E-state index >= 15 is 0 Å². The standard InChI is InChI=1S/C19H25N3O4/c1-26-15-4-2-3-14(9-15)21-7-5-13(6-8-21)22-10-16-17(23)20-11-19(16,12-22)18(24)25/h2-4,9,13,16H,5-8,10-12H2,1H3,(H,20,23)(H,24,25)/t16-,19+/m0/s1. The summed E-state index contributed by atoms with van der Waals surface area (Å²) in [6, 6.07) is 8.41. The Morgan fingerprint density at radius 3 is 2.77 bits per heavy atom. The van der Waals surface area contributed by atoms with Gasteiger partial charge in [-0.1, -0.05) is 6.07 Å². The summed E-state index contributed by atoms with van der Waals surface area (Å²) < 4.78 is 5.31. The summed E-state index contributed by atoms with van der Waals surface area (Å²) in [6.07, 6.45) is 1.95. The minimum absolute atomic E-state index is 0.108. The maximum absolute atomic E-state index is 12.1. The van der Waals surface area contributed by atoms with Gasteiger partial charge in [-0.3, -0.25) is 14.5 Å². The van der Waals surface area contributed by atoms with Gasteiger partial charge in [0.2, 0.25) is 5.91 Å². The summed E-state index contributed by atoms with van der Waals surface area (Å²) in [7, 11) is 1.67. The number of nitrogens with one attached hydrogen (secondary N) is 1. The van der Waals surface area contributed by atoms with Gasteiger partial charge in [0, 0.05) is 50.5 Å². The number of carboxylic acid groups (broad SMARTS) is 1. The molecule has 0 saturated carbocycles. The molecule has 3 heterocycles. The van der Waals surface area contributed by atoms with E-state index in [4.69, 9.17) is 4.74 Å². The zero-order chi connectivity index (χ0) is 18.3. The van der Waals surface area contributed by atoms with Crippen LogP contribution in [-0.4, -0.2) is 67.8 Å². The second-order valence-corrected chi connectivity index (χ2v) is 7.58. The Kier molecular flexibility index (Phi) is 4.26. The van der Waals surface area contributed by atoms with Crippen LogP contribution < -0.4 is 15.0 Å². The molecular weight excluding hydrogens is 334 g/mol. The largest absolute Gasteiger partial charge is 0.497 e. The summed E-state index contributed by atoms with van der Waals surface area (Å²) in [5, 5.41) is 12.4. The van der Waals surface area contributed by atoms with Crippen LogP contribution in [0.15, 0.2) is 24.3 Å². The van der Waals surface area contributed by atoms with Crippen molar-refractivity contribution in [1.82, 2.24) is 10.2 Å². The molecule has 2 atom stereocenters. The summed E-state index contributed by atoms with van der Waals surface area (Å²) in [5.41, 5.74) is 0.212. The van der Waals surface area contributed by atoms with Crippen molar-refractivity contribution in [2.45, 2.75) is 18.9 Å². The normalized spacial score (nSPS) is 29.5. The van der Waals surface area contributed by atoms with Crippen molar-refractivity contribution in [3.63, 3.8) is 0 Å². The number of carbonyl (C=O) groups is 2. The number of ether oxygens (including phenoxy) is 1. The lowest BCUT2D eigenvalue weighted by Crippen LogP contribution is -2.47. The fourth-order valence-corrected chi connectivity index (χ4v) is 4.69. The van der Waals surface area contributed by atoms with Crippen LogP contribution in [0.1, 0.15) is 12.8 Å². The topological polar surface area (TPSA) is 82.1 Å². The summed E-state index contributed by atoms with van der Waals surface area (Å²) >= 11 is 0. The van der Waals surface area contributed by atoms with Crippen molar-refractivity contribution in [2.75, 3.05) is 44.7 Å². The molecule has 3 aliphatic rings. The number of fused-ring (bicyclic) bond motifs is 1. The number of methoxy groups -OCH3 is 1. The Morgan fingerprint density at radius 2 is 2.12 bits per heavy atom. The van der Waals surface area contributed by atoms with E-state index in [-0.39, 0.29) is 12.5 Å². The van der Waals surface area contributed by atoms with E-state index in [9.17, 15) is 14.7 Å². The molecule has 0 spiro atoms. The highest BCUT2D eigenvalue weighted by molar-refractivity contribution is 5.92. The first kappa shape index (κ1) is 17.1. The van der Waals surface area contributed by atoms with Crippen molar-refractivity contribution < 1.29 is 19.4 Å². The average molecular weight is 359 g/mol. The highest BCUT2D eigenvalue weighted by Crippen LogP contribution is 2.42. The van der Waals surface area contributed by atoms with Crippen LogP contribution in [0, 0.1) is 11.3 Å². The molecule has 1 aromatic carbocycles. The Morgan fingerprint density at radius 1 is 1.35 bits per heavy atom. The quantitative estimate of drug-likeness (QED) is 0.827. The van der Waals surface area contributed by atoms with E-state index in [1.165, 1.54) is 0 Å². The maximum atomic E-state index is 12.1. The van der Waals surface area contributed by atoms with Crippen LogP contribution in [-0.2, 0) is 9.59 Å². The molecule has 7 nitrogen and oxygen atoms in total. The minimum Gasteiger partial charge on any atom is -0.497 e. The first-order valence-electron chi connectivity index (χ1n) is 9.18. The molecule has 3 fully saturated rings.